The lowest BCUT2D eigenvalue weighted by Gasteiger charge is -2.23. The Morgan fingerprint density at radius 2 is 1.84 bits per heavy atom. The topological polar surface area (TPSA) is 64.9 Å². The van der Waals surface area contributed by atoms with Crippen LogP contribution >= 0.6 is 0 Å². The van der Waals surface area contributed by atoms with Crippen LogP contribution in [0, 0.1) is 5.92 Å². The van der Waals surface area contributed by atoms with E-state index in [1.807, 2.05) is 0 Å². The summed E-state index contributed by atoms with van der Waals surface area (Å²) in [5.74, 6) is 2.70. The van der Waals surface area contributed by atoms with E-state index in [9.17, 15) is 0 Å². The van der Waals surface area contributed by atoms with Crippen LogP contribution in [0.25, 0.3) is 0 Å². The van der Waals surface area contributed by atoms with Crippen molar-refractivity contribution in [2.45, 2.75) is 76.2 Å². The zero-order valence-electron chi connectivity index (χ0n) is 11.9. The molecule has 2 aliphatic carbocycles. The predicted molar refractivity (Wildman–Crippen MR) is 73.6 cm³/mol. The summed E-state index contributed by atoms with van der Waals surface area (Å²) in [7, 11) is 0. The summed E-state index contributed by atoms with van der Waals surface area (Å²) in [6.45, 7) is 2.28. The Morgan fingerprint density at radius 3 is 2.47 bits per heavy atom. The van der Waals surface area contributed by atoms with Crippen molar-refractivity contribution >= 4 is 0 Å². The molecule has 1 aromatic heterocycles. The van der Waals surface area contributed by atoms with Gasteiger partial charge < -0.3 is 10.3 Å². The molecule has 0 bridgehead atoms. The normalized spacial score (nSPS) is 31.3. The maximum atomic E-state index is 6.54. The molecule has 106 valence electrons. The van der Waals surface area contributed by atoms with Gasteiger partial charge in [-0.25, -0.2) is 0 Å². The van der Waals surface area contributed by atoms with Crippen molar-refractivity contribution in [3.8, 4) is 0 Å². The summed E-state index contributed by atoms with van der Waals surface area (Å²) >= 11 is 0. The van der Waals surface area contributed by atoms with Gasteiger partial charge in [-0.2, -0.15) is 4.98 Å². The first-order valence-corrected chi connectivity index (χ1v) is 7.82. The van der Waals surface area contributed by atoms with E-state index in [2.05, 4.69) is 17.1 Å². The summed E-state index contributed by atoms with van der Waals surface area (Å²) < 4.78 is 5.54. The fraction of sp³-hybridized carbons (Fsp3) is 0.867. The zero-order chi connectivity index (χ0) is 13.3. The highest BCUT2D eigenvalue weighted by molar-refractivity contribution is 5.07. The van der Waals surface area contributed by atoms with E-state index in [1.165, 1.54) is 44.9 Å². The van der Waals surface area contributed by atoms with Gasteiger partial charge in [-0.15, -0.1) is 0 Å². The fourth-order valence-electron chi connectivity index (χ4n) is 3.68. The molecule has 0 spiro atoms. The van der Waals surface area contributed by atoms with E-state index >= 15 is 0 Å². The van der Waals surface area contributed by atoms with Gasteiger partial charge in [0.25, 0.3) is 0 Å². The number of nitrogens with two attached hydrogens (primary N) is 1. The summed E-state index contributed by atoms with van der Waals surface area (Å²) in [5.41, 5.74) is 6.19. The van der Waals surface area contributed by atoms with Crippen LogP contribution in [0.15, 0.2) is 4.52 Å². The first kappa shape index (κ1) is 13.1. The molecule has 0 saturated heterocycles. The number of aromatic nitrogens is 2. The Labute approximate surface area is 115 Å². The van der Waals surface area contributed by atoms with Crippen LogP contribution in [0.3, 0.4) is 0 Å². The highest BCUT2D eigenvalue weighted by Crippen LogP contribution is 2.39. The quantitative estimate of drug-likeness (QED) is 0.830. The molecule has 1 aromatic rings. The molecule has 0 aromatic carbocycles. The highest BCUT2D eigenvalue weighted by atomic mass is 16.5. The van der Waals surface area contributed by atoms with Crippen molar-refractivity contribution in [3.05, 3.63) is 11.7 Å². The van der Waals surface area contributed by atoms with Crippen molar-refractivity contribution < 1.29 is 4.52 Å². The average Bonchev–Trinajstić information content (AvgIpc) is 2.97. The molecule has 3 rings (SSSR count). The van der Waals surface area contributed by atoms with Crippen molar-refractivity contribution in [2.75, 3.05) is 0 Å². The molecule has 2 atom stereocenters. The second-order valence-corrected chi connectivity index (χ2v) is 6.54. The summed E-state index contributed by atoms with van der Waals surface area (Å²) in [6.07, 6.45) is 10.6. The lowest BCUT2D eigenvalue weighted by atomic mass is 9.90. The van der Waals surface area contributed by atoms with E-state index in [-0.39, 0.29) is 5.54 Å². The molecular formula is C15H25N3O. The maximum Gasteiger partial charge on any atom is 0.230 e. The van der Waals surface area contributed by atoms with Gasteiger partial charge in [0.05, 0.1) is 5.54 Å². The third kappa shape index (κ3) is 2.55. The van der Waals surface area contributed by atoms with E-state index in [1.54, 1.807) is 0 Å². The molecule has 19 heavy (non-hydrogen) atoms. The second kappa shape index (κ2) is 5.23. The number of hydrogen-bond acceptors (Lipinski definition) is 4. The minimum Gasteiger partial charge on any atom is -0.339 e. The Kier molecular flexibility index (Phi) is 3.61. The molecule has 2 fully saturated rings. The Hall–Kier alpha value is -0.900. The minimum atomic E-state index is -0.347. The number of hydrogen-bond donors (Lipinski definition) is 1. The second-order valence-electron chi connectivity index (χ2n) is 6.54. The van der Waals surface area contributed by atoms with Gasteiger partial charge in [0, 0.05) is 5.92 Å². The van der Waals surface area contributed by atoms with Crippen LogP contribution in [-0.2, 0) is 5.54 Å². The van der Waals surface area contributed by atoms with Gasteiger partial charge in [-0.05, 0) is 31.6 Å². The number of nitrogens with zero attached hydrogens (tertiary/aromatic N) is 2. The van der Waals surface area contributed by atoms with E-state index in [0.717, 1.165) is 24.6 Å². The van der Waals surface area contributed by atoms with Gasteiger partial charge >= 0.3 is 0 Å². The molecule has 4 heteroatoms. The molecule has 2 unspecified atom stereocenters. The average molecular weight is 263 g/mol. The maximum absolute atomic E-state index is 6.54. The van der Waals surface area contributed by atoms with Crippen LogP contribution in [-0.4, -0.2) is 10.1 Å². The fourth-order valence-corrected chi connectivity index (χ4v) is 3.68. The summed E-state index contributed by atoms with van der Waals surface area (Å²) in [6, 6.07) is 0. The molecular weight excluding hydrogens is 238 g/mol. The monoisotopic (exact) mass is 263 g/mol. The zero-order valence-corrected chi connectivity index (χ0v) is 11.9. The first-order chi connectivity index (χ1) is 9.19. The Balaban J connectivity index is 1.79. The highest BCUT2D eigenvalue weighted by Gasteiger charge is 2.36. The molecule has 2 saturated carbocycles. The lowest BCUT2D eigenvalue weighted by molar-refractivity contribution is 0.308. The van der Waals surface area contributed by atoms with Gasteiger partial charge in [0.15, 0.2) is 5.82 Å². The summed E-state index contributed by atoms with van der Waals surface area (Å²) in [5, 5.41) is 4.22. The third-order valence-corrected chi connectivity index (χ3v) is 5.06. The van der Waals surface area contributed by atoms with Gasteiger partial charge in [0.1, 0.15) is 0 Å². The van der Waals surface area contributed by atoms with E-state index in [0.29, 0.717) is 11.8 Å². The van der Waals surface area contributed by atoms with Crippen LogP contribution < -0.4 is 5.73 Å². The van der Waals surface area contributed by atoms with Crippen molar-refractivity contribution in [1.29, 1.82) is 0 Å². The Bertz CT molecular complexity index is 421. The number of rotatable bonds is 2. The van der Waals surface area contributed by atoms with Gasteiger partial charge in [-0.1, -0.05) is 44.2 Å². The molecule has 2 aliphatic rings. The molecule has 0 radical (unpaired) electrons. The van der Waals surface area contributed by atoms with Gasteiger partial charge in [-0.3, -0.25) is 0 Å². The summed E-state index contributed by atoms with van der Waals surface area (Å²) in [4.78, 5) is 4.68. The molecule has 2 N–H and O–H groups in total. The Morgan fingerprint density at radius 1 is 1.11 bits per heavy atom. The first-order valence-electron chi connectivity index (χ1n) is 7.82. The molecule has 0 aliphatic heterocycles. The van der Waals surface area contributed by atoms with Crippen LogP contribution in [0.1, 0.15) is 82.3 Å². The predicted octanol–water partition coefficient (Wildman–Crippen LogP) is 3.48. The van der Waals surface area contributed by atoms with Gasteiger partial charge in [0.2, 0.25) is 5.89 Å². The van der Waals surface area contributed by atoms with Crippen molar-refractivity contribution in [3.63, 3.8) is 0 Å². The largest absolute Gasteiger partial charge is 0.339 e. The van der Waals surface area contributed by atoms with Crippen LogP contribution in [0.5, 0.6) is 0 Å². The van der Waals surface area contributed by atoms with E-state index < -0.39 is 0 Å². The molecule has 1 heterocycles. The smallest absolute Gasteiger partial charge is 0.230 e. The van der Waals surface area contributed by atoms with Crippen molar-refractivity contribution in [1.82, 2.24) is 10.1 Å². The molecule has 0 amide bonds. The standard InChI is InChI=1S/C15H25N3O/c1-11-7-6-8-12(11)13-17-14(18-19-13)15(16)9-4-2-3-5-10-15/h11-12H,2-10,16H2,1H3. The SMILES string of the molecule is CC1CCCC1c1nc(C2(N)CCCCCC2)no1. The van der Waals surface area contributed by atoms with Crippen LogP contribution in [0.2, 0.25) is 0 Å². The third-order valence-electron chi connectivity index (χ3n) is 5.06. The van der Waals surface area contributed by atoms with Crippen LogP contribution in [0.4, 0.5) is 0 Å². The minimum absolute atomic E-state index is 0.347. The van der Waals surface area contributed by atoms with E-state index in [4.69, 9.17) is 10.3 Å². The lowest BCUT2D eigenvalue weighted by Crippen LogP contribution is -2.37. The molecule has 4 nitrogen and oxygen atoms in total. The van der Waals surface area contributed by atoms with Crippen molar-refractivity contribution in [2.24, 2.45) is 11.7 Å².